The maximum absolute atomic E-state index is 10.5. The van der Waals surface area contributed by atoms with Crippen molar-refractivity contribution >= 4 is 17.4 Å². The van der Waals surface area contributed by atoms with Gasteiger partial charge in [0.15, 0.2) is 0 Å². The first-order chi connectivity index (χ1) is 11.1. The molecule has 0 spiro atoms. The lowest BCUT2D eigenvalue weighted by Gasteiger charge is -2.34. The van der Waals surface area contributed by atoms with E-state index < -0.39 is 6.10 Å². The zero-order valence-corrected chi connectivity index (χ0v) is 13.7. The molecule has 2 aromatic rings. The molecule has 1 aliphatic rings. The van der Waals surface area contributed by atoms with E-state index in [4.69, 9.17) is 17.3 Å². The average Bonchev–Trinajstić information content (AvgIpc) is 2.56. The molecule has 0 saturated carbocycles. The van der Waals surface area contributed by atoms with Gasteiger partial charge in [-0.25, -0.2) is 9.97 Å². The number of hydrogen-bond donors (Lipinski definition) is 2. The van der Waals surface area contributed by atoms with Crippen molar-refractivity contribution in [2.75, 3.05) is 18.8 Å². The second-order valence-corrected chi connectivity index (χ2v) is 6.44. The largest absolute Gasteiger partial charge is 0.388 e. The van der Waals surface area contributed by atoms with E-state index in [2.05, 4.69) is 14.9 Å². The summed E-state index contributed by atoms with van der Waals surface area (Å²) >= 11 is 5.90. The van der Waals surface area contributed by atoms with E-state index in [1.807, 2.05) is 24.3 Å². The van der Waals surface area contributed by atoms with Gasteiger partial charge in [0.2, 0.25) is 0 Å². The first-order valence-electron chi connectivity index (χ1n) is 7.85. The zero-order valence-electron chi connectivity index (χ0n) is 12.9. The summed E-state index contributed by atoms with van der Waals surface area (Å²) in [5, 5.41) is 11.2. The Hall–Kier alpha value is -1.69. The molecule has 1 unspecified atom stereocenters. The molecule has 23 heavy (non-hydrogen) atoms. The van der Waals surface area contributed by atoms with E-state index in [-0.39, 0.29) is 5.92 Å². The molecule has 3 N–H and O–H groups in total. The zero-order chi connectivity index (χ0) is 16.2. The Balaban J connectivity index is 1.54. The van der Waals surface area contributed by atoms with Crippen molar-refractivity contribution in [2.24, 2.45) is 5.92 Å². The molecule has 1 atom stereocenters. The smallest absolute Gasteiger partial charge is 0.144 e. The predicted octanol–water partition coefficient (Wildman–Crippen LogP) is 2.66. The number of nitrogen functional groups attached to an aromatic ring is 1. The van der Waals surface area contributed by atoms with Crippen molar-refractivity contribution in [1.29, 1.82) is 0 Å². The van der Waals surface area contributed by atoms with Crippen LogP contribution < -0.4 is 5.73 Å². The highest BCUT2D eigenvalue weighted by Crippen LogP contribution is 2.31. The fourth-order valence-electron chi connectivity index (χ4n) is 3.05. The second-order valence-electron chi connectivity index (χ2n) is 6.01. The SMILES string of the molecule is Nc1ccnc(CN2CCC(C(O)c3ccc(Cl)cc3)CC2)n1. The Morgan fingerprint density at radius 1 is 1.22 bits per heavy atom. The van der Waals surface area contributed by atoms with Crippen LogP contribution in [0.1, 0.15) is 30.3 Å². The fourth-order valence-corrected chi connectivity index (χ4v) is 3.18. The van der Waals surface area contributed by atoms with Crippen molar-refractivity contribution in [3.8, 4) is 0 Å². The van der Waals surface area contributed by atoms with Gasteiger partial charge < -0.3 is 10.8 Å². The topological polar surface area (TPSA) is 75.3 Å². The minimum Gasteiger partial charge on any atom is -0.388 e. The Kier molecular flexibility index (Phi) is 5.10. The number of rotatable bonds is 4. The third-order valence-electron chi connectivity index (χ3n) is 4.38. The number of aromatic nitrogens is 2. The molecular weight excluding hydrogens is 312 g/mol. The Morgan fingerprint density at radius 3 is 2.57 bits per heavy atom. The molecule has 0 radical (unpaired) electrons. The molecule has 6 heteroatoms. The summed E-state index contributed by atoms with van der Waals surface area (Å²) in [6.07, 6.45) is 3.16. The average molecular weight is 333 g/mol. The van der Waals surface area contributed by atoms with E-state index in [1.165, 1.54) is 0 Å². The van der Waals surface area contributed by atoms with E-state index >= 15 is 0 Å². The Morgan fingerprint density at radius 2 is 1.91 bits per heavy atom. The summed E-state index contributed by atoms with van der Waals surface area (Å²) < 4.78 is 0. The number of benzene rings is 1. The van der Waals surface area contributed by atoms with Crippen molar-refractivity contribution in [3.63, 3.8) is 0 Å². The summed E-state index contributed by atoms with van der Waals surface area (Å²) in [6.45, 7) is 2.55. The normalized spacial score (nSPS) is 18.0. The molecule has 0 bridgehead atoms. The van der Waals surface area contributed by atoms with Crippen LogP contribution in [0.25, 0.3) is 0 Å². The molecule has 3 rings (SSSR count). The highest BCUT2D eigenvalue weighted by molar-refractivity contribution is 6.30. The highest BCUT2D eigenvalue weighted by Gasteiger charge is 2.26. The molecule has 1 fully saturated rings. The Bertz CT molecular complexity index is 641. The van der Waals surface area contributed by atoms with Crippen LogP contribution in [0.2, 0.25) is 5.02 Å². The monoisotopic (exact) mass is 332 g/mol. The van der Waals surface area contributed by atoms with Crippen LogP contribution in [0.4, 0.5) is 5.82 Å². The summed E-state index contributed by atoms with van der Waals surface area (Å²) in [5.74, 6) is 1.53. The number of aliphatic hydroxyl groups is 1. The molecule has 122 valence electrons. The molecule has 0 aliphatic carbocycles. The van der Waals surface area contributed by atoms with Crippen LogP contribution in [-0.2, 0) is 6.54 Å². The molecule has 5 nitrogen and oxygen atoms in total. The number of hydrogen-bond acceptors (Lipinski definition) is 5. The number of anilines is 1. The number of piperidine rings is 1. The van der Waals surface area contributed by atoms with Crippen LogP contribution in [0.5, 0.6) is 0 Å². The number of nitrogens with zero attached hydrogens (tertiary/aromatic N) is 3. The number of likely N-dealkylation sites (tertiary alicyclic amines) is 1. The van der Waals surface area contributed by atoms with Crippen molar-refractivity contribution in [3.05, 3.63) is 52.9 Å². The van der Waals surface area contributed by atoms with E-state index in [1.54, 1.807) is 12.3 Å². The van der Waals surface area contributed by atoms with Gasteiger partial charge in [0.1, 0.15) is 11.6 Å². The third kappa shape index (κ3) is 4.19. The number of nitrogens with two attached hydrogens (primary N) is 1. The maximum Gasteiger partial charge on any atom is 0.144 e. The van der Waals surface area contributed by atoms with Gasteiger partial charge in [-0.3, -0.25) is 4.90 Å². The maximum atomic E-state index is 10.5. The summed E-state index contributed by atoms with van der Waals surface area (Å²) in [5.41, 5.74) is 6.63. The van der Waals surface area contributed by atoms with Crippen molar-refractivity contribution in [2.45, 2.75) is 25.5 Å². The standard InChI is InChI=1S/C17H21ClN4O/c18-14-3-1-12(2-4-14)17(23)13-6-9-22(10-7-13)11-16-20-8-5-15(19)21-16/h1-5,8,13,17,23H,6-7,9-11H2,(H2,19,20,21). The van der Waals surface area contributed by atoms with Gasteiger partial charge >= 0.3 is 0 Å². The minimum absolute atomic E-state index is 0.272. The molecule has 0 amide bonds. The molecule has 1 saturated heterocycles. The summed E-state index contributed by atoms with van der Waals surface area (Å²) in [7, 11) is 0. The van der Waals surface area contributed by atoms with Crippen LogP contribution >= 0.6 is 11.6 Å². The van der Waals surface area contributed by atoms with Crippen molar-refractivity contribution in [1.82, 2.24) is 14.9 Å². The third-order valence-corrected chi connectivity index (χ3v) is 4.63. The van der Waals surface area contributed by atoms with Gasteiger partial charge in [0, 0.05) is 11.2 Å². The fraction of sp³-hybridized carbons (Fsp3) is 0.412. The van der Waals surface area contributed by atoms with Crippen LogP contribution in [0.15, 0.2) is 36.5 Å². The molecule has 1 aromatic carbocycles. The lowest BCUT2D eigenvalue weighted by atomic mass is 9.87. The van der Waals surface area contributed by atoms with Gasteiger partial charge in [-0.05, 0) is 55.6 Å². The lowest BCUT2D eigenvalue weighted by Crippen LogP contribution is -2.35. The van der Waals surface area contributed by atoms with Gasteiger partial charge in [0.25, 0.3) is 0 Å². The minimum atomic E-state index is -0.432. The quantitative estimate of drug-likeness (QED) is 0.900. The Labute approximate surface area is 141 Å². The summed E-state index contributed by atoms with van der Waals surface area (Å²) in [4.78, 5) is 10.8. The van der Waals surface area contributed by atoms with Crippen LogP contribution in [0.3, 0.4) is 0 Å². The van der Waals surface area contributed by atoms with Gasteiger partial charge in [-0.1, -0.05) is 23.7 Å². The van der Waals surface area contributed by atoms with Gasteiger partial charge in [0.05, 0.1) is 12.6 Å². The lowest BCUT2D eigenvalue weighted by molar-refractivity contribution is 0.0561. The number of halogens is 1. The second kappa shape index (κ2) is 7.25. The van der Waals surface area contributed by atoms with Gasteiger partial charge in [-0.2, -0.15) is 0 Å². The molecule has 2 heterocycles. The first-order valence-corrected chi connectivity index (χ1v) is 8.23. The van der Waals surface area contributed by atoms with Crippen LogP contribution in [-0.4, -0.2) is 33.1 Å². The summed E-state index contributed by atoms with van der Waals surface area (Å²) in [6, 6.07) is 9.15. The molecular formula is C17H21ClN4O. The predicted molar refractivity (Wildman–Crippen MR) is 90.9 cm³/mol. The highest BCUT2D eigenvalue weighted by atomic mass is 35.5. The molecule has 1 aliphatic heterocycles. The van der Waals surface area contributed by atoms with Gasteiger partial charge in [-0.15, -0.1) is 0 Å². The molecule has 1 aromatic heterocycles. The first kappa shape index (κ1) is 16.2. The van der Waals surface area contributed by atoms with Crippen molar-refractivity contribution < 1.29 is 5.11 Å². The van der Waals surface area contributed by atoms with Crippen LogP contribution in [0, 0.1) is 5.92 Å². The number of aliphatic hydroxyl groups excluding tert-OH is 1. The van der Waals surface area contributed by atoms with E-state index in [0.717, 1.165) is 37.3 Å². The van der Waals surface area contributed by atoms with E-state index in [9.17, 15) is 5.11 Å². The van der Waals surface area contributed by atoms with E-state index in [0.29, 0.717) is 17.4 Å².